The number of hydrogen-bond acceptors (Lipinski definition) is 4. The SMILES string of the molecule is CNCCOCCCOC(C)(C)CC(C)=O. The third kappa shape index (κ3) is 10.1. The zero-order chi connectivity index (χ0) is 12.4. The van der Waals surface area contributed by atoms with Gasteiger partial charge in [-0.3, -0.25) is 4.79 Å². The maximum absolute atomic E-state index is 11.0. The molecule has 0 aliphatic rings. The summed E-state index contributed by atoms with van der Waals surface area (Å²) in [5, 5.41) is 3.01. The van der Waals surface area contributed by atoms with Crippen molar-refractivity contribution < 1.29 is 14.3 Å². The van der Waals surface area contributed by atoms with Gasteiger partial charge in [0.15, 0.2) is 0 Å². The molecule has 0 saturated heterocycles. The molecule has 0 aromatic heterocycles. The molecule has 0 radical (unpaired) electrons. The van der Waals surface area contributed by atoms with Crippen molar-refractivity contribution in [2.45, 2.75) is 39.2 Å². The van der Waals surface area contributed by atoms with E-state index in [0.29, 0.717) is 19.6 Å². The summed E-state index contributed by atoms with van der Waals surface area (Å²) in [6, 6.07) is 0. The smallest absolute Gasteiger partial charge is 0.132 e. The Labute approximate surface area is 98.7 Å². The first-order chi connectivity index (χ1) is 7.48. The van der Waals surface area contributed by atoms with Gasteiger partial charge in [0, 0.05) is 26.2 Å². The summed E-state index contributed by atoms with van der Waals surface area (Å²) in [7, 11) is 1.90. The second-order valence-electron chi connectivity index (χ2n) is 4.56. The van der Waals surface area contributed by atoms with Gasteiger partial charge in [0.25, 0.3) is 0 Å². The van der Waals surface area contributed by atoms with Crippen LogP contribution in [-0.2, 0) is 14.3 Å². The van der Waals surface area contributed by atoms with Gasteiger partial charge in [0.2, 0.25) is 0 Å². The number of ether oxygens (including phenoxy) is 2. The molecule has 0 fully saturated rings. The first-order valence-corrected chi connectivity index (χ1v) is 5.83. The molecular formula is C12H25NO3. The lowest BCUT2D eigenvalue weighted by atomic mass is 10.0. The van der Waals surface area contributed by atoms with Crippen molar-refractivity contribution in [3.05, 3.63) is 0 Å². The number of Topliss-reactive ketones (excluding diaryl/α,β-unsaturated/α-hetero) is 1. The lowest BCUT2D eigenvalue weighted by Gasteiger charge is -2.23. The van der Waals surface area contributed by atoms with E-state index in [1.54, 1.807) is 6.92 Å². The zero-order valence-electron chi connectivity index (χ0n) is 11.0. The third-order valence-corrected chi connectivity index (χ3v) is 2.10. The van der Waals surface area contributed by atoms with Crippen molar-refractivity contribution in [1.82, 2.24) is 5.32 Å². The molecule has 0 aliphatic carbocycles. The molecular weight excluding hydrogens is 206 g/mol. The molecule has 0 heterocycles. The summed E-state index contributed by atoms with van der Waals surface area (Å²) in [4.78, 5) is 11.0. The second-order valence-corrected chi connectivity index (χ2v) is 4.56. The van der Waals surface area contributed by atoms with Gasteiger partial charge in [-0.05, 0) is 34.2 Å². The predicted octanol–water partition coefficient (Wildman–Crippen LogP) is 1.39. The quantitative estimate of drug-likeness (QED) is 0.577. The fourth-order valence-corrected chi connectivity index (χ4v) is 1.44. The molecule has 0 aliphatic heterocycles. The van der Waals surface area contributed by atoms with Crippen LogP contribution in [0.2, 0.25) is 0 Å². The fraction of sp³-hybridized carbons (Fsp3) is 0.917. The van der Waals surface area contributed by atoms with Gasteiger partial charge in [-0.15, -0.1) is 0 Å². The second kappa shape index (κ2) is 8.67. The average molecular weight is 231 g/mol. The molecule has 0 rings (SSSR count). The molecule has 0 spiro atoms. The van der Waals surface area contributed by atoms with Crippen LogP contribution in [0.5, 0.6) is 0 Å². The summed E-state index contributed by atoms with van der Waals surface area (Å²) in [5.74, 6) is 0.162. The minimum Gasteiger partial charge on any atom is -0.380 e. The van der Waals surface area contributed by atoms with Gasteiger partial charge in [-0.1, -0.05) is 0 Å². The number of ketones is 1. The number of carbonyl (C=O) groups is 1. The Morgan fingerprint density at radius 2 is 1.94 bits per heavy atom. The van der Waals surface area contributed by atoms with Crippen LogP contribution in [0, 0.1) is 0 Å². The van der Waals surface area contributed by atoms with E-state index in [1.807, 2.05) is 20.9 Å². The Hall–Kier alpha value is -0.450. The van der Waals surface area contributed by atoms with Crippen LogP contribution in [0.3, 0.4) is 0 Å². The molecule has 4 heteroatoms. The highest BCUT2D eigenvalue weighted by Crippen LogP contribution is 2.14. The van der Waals surface area contributed by atoms with Crippen LogP contribution in [0.15, 0.2) is 0 Å². The predicted molar refractivity (Wildman–Crippen MR) is 64.7 cm³/mol. The minimum absolute atomic E-state index is 0.162. The largest absolute Gasteiger partial charge is 0.380 e. The van der Waals surface area contributed by atoms with E-state index >= 15 is 0 Å². The Morgan fingerprint density at radius 1 is 1.25 bits per heavy atom. The average Bonchev–Trinajstić information content (AvgIpc) is 2.14. The van der Waals surface area contributed by atoms with E-state index in [9.17, 15) is 4.79 Å². The van der Waals surface area contributed by atoms with Crippen molar-refractivity contribution in [3.63, 3.8) is 0 Å². The molecule has 1 N–H and O–H groups in total. The van der Waals surface area contributed by atoms with Crippen molar-refractivity contribution in [2.24, 2.45) is 0 Å². The summed E-state index contributed by atoms with van der Waals surface area (Å²) in [6.45, 7) is 8.42. The summed E-state index contributed by atoms with van der Waals surface area (Å²) < 4.78 is 11.0. The highest BCUT2D eigenvalue weighted by Gasteiger charge is 2.19. The molecule has 0 aromatic carbocycles. The van der Waals surface area contributed by atoms with Gasteiger partial charge in [0.05, 0.1) is 12.2 Å². The number of nitrogens with one attached hydrogen (secondary N) is 1. The first-order valence-electron chi connectivity index (χ1n) is 5.83. The van der Waals surface area contributed by atoms with Crippen LogP contribution in [-0.4, -0.2) is 44.8 Å². The van der Waals surface area contributed by atoms with Crippen LogP contribution >= 0.6 is 0 Å². The third-order valence-electron chi connectivity index (χ3n) is 2.10. The lowest BCUT2D eigenvalue weighted by Crippen LogP contribution is -2.28. The lowest BCUT2D eigenvalue weighted by molar-refractivity contribution is -0.123. The topological polar surface area (TPSA) is 47.6 Å². The Bertz CT molecular complexity index is 193. The van der Waals surface area contributed by atoms with Crippen molar-refractivity contribution in [2.75, 3.05) is 33.4 Å². The molecule has 4 nitrogen and oxygen atoms in total. The van der Waals surface area contributed by atoms with Crippen LogP contribution in [0.4, 0.5) is 0 Å². The molecule has 0 atom stereocenters. The molecule has 0 amide bonds. The van der Waals surface area contributed by atoms with Gasteiger partial charge in [0.1, 0.15) is 5.78 Å². The van der Waals surface area contributed by atoms with Crippen molar-refractivity contribution in [1.29, 1.82) is 0 Å². The molecule has 0 aromatic rings. The van der Waals surface area contributed by atoms with Gasteiger partial charge < -0.3 is 14.8 Å². The van der Waals surface area contributed by atoms with E-state index in [0.717, 1.165) is 19.6 Å². The monoisotopic (exact) mass is 231 g/mol. The maximum atomic E-state index is 11.0. The fourth-order valence-electron chi connectivity index (χ4n) is 1.44. The number of rotatable bonds is 10. The van der Waals surface area contributed by atoms with E-state index in [4.69, 9.17) is 9.47 Å². The van der Waals surface area contributed by atoms with E-state index < -0.39 is 0 Å². The van der Waals surface area contributed by atoms with Crippen LogP contribution < -0.4 is 5.32 Å². The van der Waals surface area contributed by atoms with Gasteiger partial charge in [-0.2, -0.15) is 0 Å². The highest BCUT2D eigenvalue weighted by atomic mass is 16.5. The first kappa shape index (κ1) is 15.6. The standard InChI is InChI=1S/C12H25NO3/c1-11(14)10-12(2,3)16-8-5-7-15-9-6-13-4/h13H,5-10H2,1-4H3. The number of likely N-dealkylation sites (N-methyl/N-ethyl adjacent to an activating group) is 1. The van der Waals surface area contributed by atoms with E-state index in [1.165, 1.54) is 0 Å². The number of hydrogen-bond donors (Lipinski definition) is 1. The Morgan fingerprint density at radius 3 is 2.50 bits per heavy atom. The molecule has 0 unspecified atom stereocenters. The molecule has 96 valence electrons. The number of carbonyl (C=O) groups excluding carboxylic acids is 1. The molecule has 0 saturated carbocycles. The van der Waals surface area contributed by atoms with E-state index in [2.05, 4.69) is 5.32 Å². The Balaban J connectivity index is 3.39. The van der Waals surface area contributed by atoms with Crippen molar-refractivity contribution in [3.8, 4) is 0 Å². The van der Waals surface area contributed by atoms with E-state index in [-0.39, 0.29) is 11.4 Å². The van der Waals surface area contributed by atoms with Crippen LogP contribution in [0.25, 0.3) is 0 Å². The highest BCUT2D eigenvalue weighted by molar-refractivity contribution is 5.76. The summed E-state index contributed by atoms with van der Waals surface area (Å²) >= 11 is 0. The zero-order valence-corrected chi connectivity index (χ0v) is 11.0. The molecule has 0 bridgehead atoms. The minimum atomic E-state index is -0.350. The van der Waals surface area contributed by atoms with Gasteiger partial charge >= 0.3 is 0 Å². The Kier molecular flexibility index (Phi) is 8.43. The van der Waals surface area contributed by atoms with Gasteiger partial charge in [-0.25, -0.2) is 0 Å². The summed E-state index contributed by atoms with van der Waals surface area (Å²) in [6.07, 6.45) is 1.33. The maximum Gasteiger partial charge on any atom is 0.132 e. The summed E-state index contributed by atoms with van der Waals surface area (Å²) in [5.41, 5.74) is -0.350. The van der Waals surface area contributed by atoms with Crippen molar-refractivity contribution >= 4 is 5.78 Å². The normalized spacial score (nSPS) is 11.8. The molecule has 16 heavy (non-hydrogen) atoms. The van der Waals surface area contributed by atoms with Crippen LogP contribution in [0.1, 0.15) is 33.6 Å².